The first-order valence-corrected chi connectivity index (χ1v) is 17.8. The van der Waals surface area contributed by atoms with Gasteiger partial charge in [-0.1, -0.05) is 46.8 Å². The van der Waals surface area contributed by atoms with Crippen LogP contribution in [0.3, 0.4) is 0 Å². The van der Waals surface area contributed by atoms with E-state index in [1.807, 2.05) is 0 Å². The number of carboxylic acids is 1. The van der Waals surface area contributed by atoms with E-state index < -0.39 is 48.2 Å². The van der Waals surface area contributed by atoms with Crippen LogP contribution in [0.4, 0.5) is 0 Å². The zero-order valence-corrected chi connectivity index (χ0v) is 28.7. The fraction of sp³-hybridized carbons (Fsp3) is 0.892. The van der Waals surface area contributed by atoms with Crippen LogP contribution in [0.25, 0.3) is 0 Å². The van der Waals surface area contributed by atoms with E-state index in [2.05, 4.69) is 48.1 Å². The number of allylic oxidation sites excluding steroid dienone is 1. The van der Waals surface area contributed by atoms with Gasteiger partial charge in [-0.15, -0.1) is 0 Å². The lowest BCUT2D eigenvalue weighted by Crippen LogP contribution is -2.68. The second kappa shape index (κ2) is 11.3. The molecular formula is C37H58O9. The number of fused-ring (bicyclic) bond motifs is 7. The van der Waals surface area contributed by atoms with Crippen LogP contribution in [-0.4, -0.2) is 74.8 Å². The number of aliphatic hydroxyl groups is 4. The number of aliphatic carboxylic acids is 1. The van der Waals surface area contributed by atoms with E-state index in [0.717, 1.165) is 63.4 Å². The molecule has 0 aromatic heterocycles. The van der Waals surface area contributed by atoms with Gasteiger partial charge in [-0.3, -0.25) is 9.59 Å². The molecule has 0 aromatic carbocycles. The van der Waals surface area contributed by atoms with Crippen LogP contribution in [0.15, 0.2) is 12.2 Å². The van der Waals surface area contributed by atoms with Crippen LogP contribution < -0.4 is 0 Å². The second-order valence-corrected chi connectivity index (χ2v) is 17.8. The molecule has 260 valence electrons. The third kappa shape index (κ3) is 4.43. The zero-order chi connectivity index (χ0) is 33.8. The Balaban J connectivity index is 1.28. The summed E-state index contributed by atoms with van der Waals surface area (Å²) >= 11 is 0. The van der Waals surface area contributed by atoms with Crippen molar-refractivity contribution in [2.24, 2.45) is 62.6 Å². The summed E-state index contributed by atoms with van der Waals surface area (Å²) in [5, 5.41) is 54.1. The molecule has 6 fully saturated rings. The molecule has 46 heavy (non-hydrogen) atoms. The summed E-state index contributed by atoms with van der Waals surface area (Å²) in [6.07, 6.45) is 0.521. The van der Waals surface area contributed by atoms with Gasteiger partial charge in [0.2, 0.25) is 6.29 Å². The average molecular weight is 647 g/mol. The van der Waals surface area contributed by atoms with Crippen LogP contribution in [0.1, 0.15) is 106 Å². The third-order valence-electron chi connectivity index (χ3n) is 16.2. The molecule has 6 aliphatic rings. The monoisotopic (exact) mass is 646 g/mol. The molecule has 9 heteroatoms. The predicted molar refractivity (Wildman–Crippen MR) is 170 cm³/mol. The van der Waals surface area contributed by atoms with Crippen LogP contribution in [0, 0.1) is 62.6 Å². The maximum absolute atomic E-state index is 13.0. The lowest BCUT2D eigenvalue weighted by Gasteiger charge is -2.73. The summed E-state index contributed by atoms with van der Waals surface area (Å²) in [7, 11) is 0. The van der Waals surface area contributed by atoms with E-state index in [1.165, 1.54) is 0 Å². The van der Waals surface area contributed by atoms with Crippen LogP contribution in [0.5, 0.6) is 0 Å². The number of hydrogen-bond donors (Lipinski definition) is 5. The minimum Gasteiger partial charge on any atom is -0.481 e. The molecular weight excluding hydrogens is 588 g/mol. The Hall–Kier alpha value is -1.52. The molecule has 5 N–H and O–H groups in total. The highest BCUT2D eigenvalue weighted by Gasteiger charge is 2.72. The predicted octanol–water partition coefficient (Wildman–Crippen LogP) is 4.69. The fourth-order valence-electron chi connectivity index (χ4n) is 13.7. The normalized spacial score (nSPS) is 53.5. The minimum absolute atomic E-state index is 0.0103. The van der Waals surface area contributed by atoms with Crippen molar-refractivity contribution in [3.05, 3.63) is 12.2 Å². The molecule has 9 nitrogen and oxygen atoms in total. The number of carbonyl (C=O) groups is 2. The highest BCUT2D eigenvalue weighted by atomic mass is 16.7. The van der Waals surface area contributed by atoms with Crippen molar-refractivity contribution in [1.29, 1.82) is 0 Å². The van der Waals surface area contributed by atoms with E-state index in [4.69, 9.17) is 9.47 Å². The lowest BCUT2D eigenvalue weighted by molar-refractivity contribution is -0.309. The van der Waals surface area contributed by atoms with Gasteiger partial charge in [0.15, 0.2) is 0 Å². The second-order valence-electron chi connectivity index (χ2n) is 17.8. The molecule has 6 unspecified atom stereocenters. The van der Waals surface area contributed by atoms with Crippen molar-refractivity contribution in [2.45, 2.75) is 143 Å². The van der Waals surface area contributed by atoms with E-state index in [-0.39, 0.29) is 45.9 Å². The molecule has 1 saturated heterocycles. The largest absolute Gasteiger partial charge is 0.481 e. The standard InChI is InChI=1S/C37H58O9/c1-19(2)20-10-15-37(32(43)44)17-16-35(6)21(25(20)37)8-9-24-34(5)13-11-22(33(3,4)23(34)12-14-36(24,35)7)26(39)30-28(41)27(40)29(42)31(46-30)45-18-38/h18,20-31,39-42H,1,8-17H2,2-7H3,(H,43,44)/t20-,21?,22+,23?,24?,25?,26-,27?,28-,29-,30-,31?,34-,35+,36+,37-/m0/s1. The fourth-order valence-corrected chi connectivity index (χ4v) is 13.7. The molecule has 1 heterocycles. The number of ether oxygens (including phenoxy) is 2. The summed E-state index contributed by atoms with van der Waals surface area (Å²) in [4.78, 5) is 24.0. The number of carboxylic acid groups (broad SMARTS) is 1. The minimum atomic E-state index is -1.62. The highest BCUT2D eigenvalue weighted by Crippen LogP contribution is 2.78. The Kier molecular flexibility index (Phi) is 8.41. The molecule has 5 saturated carbocycles. The summed E-state index contributed by atoms with van der Waals surface area (Å²) in [6, 6.07) is 0. The molecule has 0 spiro atoms. The van der Waals surface area contributed by atoms with E-state index in [0.29, 0.717) is 24.2 Å². The van der Waals surface area contributed by atoms with Crippen LogP contribution >= 0.6 is 0 Å². The molecule has 0 radical (unpaired) electrons. The van der Waals surface area contributed by atoms with Gasteiger partial charge in [-0.2, -0.15) is 0 Å². The third-order valence-corrected chi connectivity index (χ3v) is 16.2. The first-order chi connectivity index (χ1) is 21.4. The van der Waals surface area contributed by atoms with Gasteiger partial charge in [-0.25, -0.2) is 0 Å². The van der Waals surface area contributed by atoms with Gasteiger partial charge in [0.25, 0.3) is 6.47 Å². The molecule has 1 aliphatic heterocycles. The lowest BCUT2D eigenvalue weighted by atomic mass is 9.31. The maximum atomic E-state index is 13.0. The Morgan fingerprint density at radius 2 is 1.57 bits per heavy atom. The number of hydrogen-bond acceptors (Lipinski definition) is 8. The van der Waals surface area contributed by atoms with Gasteiger partial charge in [0.1, 0.15) is 24.4 Å². The Morgan fingerprint density at radius 3 is 2.20 bits per heavy atom. The molecule has 16 atom stereocenters. The maximum Gasteiger partial charge on any atom is 0.309 e. The first-order valence-electron chi connectivity index (χ1n) is 17.8. The number of rotatable bonds is 6. The van der Waals surface area contributed by atoms with Crippen molar-refractivity contribution in [1.82, 2.24) is 0 Å². The van der Waals surface area contributed by atoms with E-state index >= 15 is 0 Å². The first kappa shape index (κ1) is 34.3. The molecule has 5 aliphatic carbocycles. The topological polar surface area (TPSA) is 154 Å². The van der Waals surface area contributed by atoms with Gasteiger partial charge >= 0.3 is 5.97 Å². The Morgan fingerprint density at radius 1 is 0.870 bits per heavy atom. The average Bonchev–Trinajstić information content (AvgIpc) is 3.39. The molecule has 6 rings (SSSR count). The number of aliphatic hydroxyl groups excluding tert-OH is 4. The van der Waals surface area contributed by atoms with Crippen LogP contribution in [0.2, 0.25) is 0 Å². The van der Waals surface area contributed by atoms with Crippen molar-refractivity contribution in [3.63, 3.8) is 0 Å². The quantitative estimate of drug-likeness (QED) is 0.204. The molecule has 0 amide bonds. The summed E-state index contributed by atoms with van der Waals surface area (Å²) in [6.45, 7) is 18.5. The van der Waals surface area contributed by atoms with Crippen molar-refractivity contribution >= 4 is 12.4 Å². The summed E-state index contributed by atoms with van der Waals surface area (Å²) in [5.74, 6) is 0.637. The van der Waals surface area contributed by atoms with E-state index in [9.17, 15) is 35.1 Å². The van der Waals surface area contributed by atoms with Gasteiger partial charge in [0.05, 0.1) is 11.5 Å². The highest BCUT2D eigenvalue weighted by molar-refractivity contribution is 5.76. The Bertz CT molecular complexity index is 1240. The van der Waals surface area contributed by atoms with Gasteiger partial charge in [-0.05, 0) is 128 Å². The summed E-state index contributed by atoms with van der Waals surface area (Å²) < 4.78 is 10.6. The van der Waals surface area contributed by atoms with Crippen molar-refractivity contribution in [2.75, 3.05) is 0 Å². The molecule has 0 aromatic rings. The smallest absolute Gasteiger partial charge is 0.309 e. The molecule has 0 bridgehead atoms. The van der Waals surface area contributed by atoms with E-state index in [1.54, 1.807) is 0 Å². The Labute approximate surface area is 274 Å². The van der Waals surface area contributed by atoms with Crippen LogP contribution in [-0.2, 0) is 19.1 Å². The van der Waals surface area contributed by atoms with Gasteiger partial charge in [0, 0.05) is 0 Å². The van der Waals surface area contributed by atoms with Crippen molar-refractivity contribution < 1.29 is 44.6 Å². The zero-order valence-electron chi connectivity index (χ0n) is 28.7. The summed E-state index contributed by atoms with van der Waals surface area (Å²) in [5.41, 5.74) is 0.250. The van der Waals surface area contributed by atoms with Crippen molar-refractivity contribution in [3.8, 4) is 0 Å². The SMILES string of the molecule is C=C(C)[C@@H]1CC[C@]2(C(=O)O)CC[C@]3(C)C(CCC4[C@@]5(C)CC[C@H]([C@H](O)[C@@H]6OC(OC=O)[C@@H](O)C(O)[C@@H]6O)C(C)(C)C5CC[C@]43C)C12. The number of carbonyl (C=O) groups excluding carboxylic acids is 1. The van der Waals surface area contributed by atoms with Gasteiger partial charge < -0.3 is 35.0 Å².